The molecule has 0 unspecified atom stereocenters. The van der Waals surface area contributed by atoms with E-state index in [1.165, 1.54) is 0 Å². The Kier molecular flexibility index (Phi) is 4.63. The summed E-state index contributed by atoms with van der Waals surface area (Å²) >= 11 is 0. The second-order valence-corrected chi connectivity index (χ2v) is 12.3. The Bertz CT molecular complexity index is 1450. The van der Waals surface area contributed by atoms with E-state index in [4.69, 9.17) is 37.9 Å². The minimum absolute atomic E-state index is 0.108. The fourth-order valence-corrected chi connectivity index (χ4v) is 7.52. The maximum absolute atomic E-state index is 13.0. The van der Waals surface area contributed by atoms with Crippen molar-refractivity contribution < 1.29 is 47.8 Å². The van der Waals surface area contributed by atoms with E-state index in [9.17, 15) is 9.90 Å². The van der Waals surface area contributed by atoms with Gasteiger partial charge < -0.3 is 43.0 Å². The van der Waals surface area contributed by atoms with Crippen LogP contribution in [0.4, 0.5) is 0 Å². The average Bonchev–Trinajstić information content (AvgIpc) is 3.56. The molecule has 1 N–H and O–H groups in total. The number of aromatic hydroxyl groups is 1. The van der Waals surface area contributed by atoms with Gasteiger partial charge in [-0.3, -0.25) is 4.79 Å². The molecule has 0 radical (unpaired) electrons. The molecule has 4 fully saturated rings. The van der Waals surface area contributed by atoms with Gasteiger partial charge in [0.25, 0.3) is 11.6 Å². The van der Waals surface area contributed by atoms with Crippen LogP contribution in [0.2, 0.25) is 0 Å². The first-order valence-corrected chi connectivity index (χ1v) is 13.5. The highest BCUT2D eigenvalue weighted by molar-refractivity contribution is 6.11. The fraction of sp³-hybridized carbons (Fsp3) is 0.621. The summed E-state index contributed by atoms with van der Waals surface area (Å²) in [5.41, 5.74) is 1.31. The van der Waals surface area contributed by atoms with Crippen LogP contribution in [-0.2, 0) is 34.8 Å². The number of carbonyl (C=O) groups excluding carboxylic acids is 1. The molecule has 10 nitrogen and oxygen atoms in total. The predicted molar refractivity (Wildman–Crippen MR) is 134 cm³/mol. The maximum Gasteiger partial charge on any atom is 0.277 e. The Morgan fingerprint density at radius 2 is 1.82 bits per heavy atom. The Labute approximate surface area is 225 Å². The van der Waals surface area contributed by atoms with Crippen LogP contribution in [0.1, 0.15) is 59.8 Å². The van der Waals surface area contributed by atoms with E-state index in [0.29, 0.717) is 65.9 Å². The van der Waals surface area contributed by atoms with Crippen LogP contribution in [-0.4, -0.2) is 74.5 Å². The number of rotatable bonds is 3. The predicted octanol–water partition coefficient (Wildman–Crippen LogP) is 3.45. The number of ketones is 1. The summed E-state index contributed by atoms with van der Waals surface area (Å²) in [4.78, 5) is 13.0. The molecule has 0 amide bonds. The third kappa shape index (κ3) is 2.66. The van der Waals surface area contributed by atoms with Crippen molar-refractivity contribution in [2.45, 2.75) is 75.7 Å². The number of epoxide rings is 1. The summed E-state index contributed by atoms with van der Waals surface area (Å²) in [5.74, 6) is -2.07. The molecule has 5 aliphatic heterocycles. The molecule has 208 valence electrons. The molecule has 2 bridgehead atoms. The summed E-state index contributed by atoms with van der Waals surface area (Å²) in [6.07, 6.45) is -0.426. The van der Waals surface area contributed by atoms with Crippen molar-refractivity contribution in [2.75, 3.05) is 34.0 Å². The van der Waals surface area contributed by atoms with Crippen LogP contribution in [0.25, 0.3) is 10.8 Å². The lowest BCUT2D eigenvalue weighted by molar-refractivity contribution is -0.376. The normalized spacial score (nSPS) is 37.6. The first kappa shape index (κ1) is 24.3. The number of ether oxygens (including phenoxy) is 8. The van der Waals surface area contributed by atoms with Crippen LogP contribution < -0.4 is 9.47 Å². The lowest BCUT2D eigenvalue weighted by Crippen LogP contribution is -2.70. The minimum Gasteiger partial charge on any atom is -0.506 e. The maximum atomic E-state index is 13.0. The monoisotopic (exact) mass is 540 g/mol. The number of aryl methyl sites for hydroxylation is 1. The topological polar surface area (TPSA) is 114 Å². The zero-order chi connectivity index (χ0) is 27.1. The van der Waals surface area contributed by atoms with Crippen molar-refractivity contribution in [1.29, 1.82) is 0 Å². The van der Waals surface area contributed by atoms with E-state index in [1.54, 1.807) is 14.2 Å². The van der Waals surface area contributed by atoms with Gasteiger partial charge in [0.05, 0.1) is 37.9 Å². The van der Waals surface area contributed by atoms with Gasteiger partial charge in [-0.05, 0) is 31.4 Å². The number of hydrogen-bond acceptors (Lipinski definition) is 10. The molecule has 2 aromatic rings. The molecule has 39 heavy (non-hydrogen) atoms. The summed E-state index contributed by atoms with van der Waals surface area (Å²) in [6.45, 7) is 7.28. The molecule has 0 aromatic heterocycles. The molecule has 1 spiro atoms. The van der Waals surface area contributed by atoms with E-state index >= 15 is 0 Å². The summed E-state index contributed by atoms with van der Waals surface area (Å²) < 4.78 is 50.8. The van der Waals surface area contributed by atoms with E-state index in [1.807, 2.05) is 13.0 Å². The summed E-state index contributed by atoms with van der Waals surface area (Å²) in [5, 5.41) is 12.7. The zero-order valence-electron chi connectivity index (χ0n) is 22.7. The van der Waals surface area contributed by atoms with Crippen LogP contribution in [0.3, 0.4) is 0 Å². The highest BCUT2D eigenvalue weighted by atomic mass is 16.9. The zero-order valence-corrected chi connectivity index (χ0v) is 22.7. The lowest BCUT2D eigenvalue weighted by Gasteiger charge is -2.50. The number of carbonyl (C=O) groups is 1. The van der Waals surface area contributed by atoms with Crippen molar-refractivity contribution in [1.82, 2.24) is 0 Å². The van der Waals surface area contributed by atoms with E-state index in [2.05, 4.69) is 13.8 Å². The molecule has 1 aliphatic carbocycles. The van der Waals surface area contributed by atoms with Crippen LogP contribution in [0.5, 0.6) is 17.2 Å². The standard InChI is InChI=1S/C29H32O10/c1-13-9-15-19(20(31)18-14(21(15)32-4)7-6-8-16(18)30)22-17(13)23-24-28(33-5,37-22)27(12-36-27)29(38-23,39-24)25-34-10-26(2,3)11-35-25/h9,23-25,31H,6-8,10-12H2,1-5H3/t23-,24-,27-,28+,29-/m0/s1. The van der Waals surface area contributed by atoms with Crippen molar-refractivity contribution >= 4 is 16.6 Å². The van der Waals surface area contributed by atoms with Gasteiger partial charge in [-0.1, -0.05) is 13.8 Å². The molecule has 6 aliphatic rings. The number of phenols is 1. The Hall–Kier alpha value is -2.47. The van der Waals surface area contributed by atoms with Crippen LogP contribution in [0.15, 0.2) is 6.07 Å². The van der Waals surface area contributed by atoms with E-state index in [-0.39, 0.29) is 23.6 Å². The quantitative estimate of drug-likeness (QED) is 0.581. The third-order valence-electron chi connectivity index (χ3n) is 9.35. The van der Waals surface area contributed by atoms with Gasteiger partial charge in [0.15, 0.2) is 11.9 Å². The molecular formula is C29H32O10. The van der Waals surface area contributed by atoms with Gasteiger partial charge in [0.1, 0.15) is 23.4 Å². The molecule has 0 saturated carbocycles. The minimum atomic E-state index is -1.40. The highest BCUT2D eigenvalue weighted by Crippen LogP contribution is 2.72. The first-order chi connectivity index (χ1) is 18.6. The molecule has 10 heteroatoms. The molecule has 8 rings (SSSR count). The Balaban J connectivity index is 1.36. The molecule has 5 atom stereocenters. The molecule has 4 saturated heterocycles. The van der Waals surface area contributed by atoms with Crippen molar-refractivity contribution in [3.05, 3.63) is 28.3 Å². The molecule has 5 heterocycles. The largest absolute Gasteiger partial charge is 0.506 e. The summed E-state index contributed by atoms with van der Waals surface area (Å²) in [7, 11) is 3.14. The number of phenolic OH excluding ortho intramolecular Hbond substituents is 1. The Morgan fingerprint density at radius 1 is 1.08 bits per heavy atom. The highest BCUT2D eigenvalue weighted by Gasteiger charge is 2.93. The lowest BCUT2D eigenvalue weighted by atomic mass is 9.78. The van der Waals surface area contributed by atoms with Crippen LogP contribution in [0, 0.1) is 12.3 Å². The van der Waals surface area contributed by atoms with Gasteiger partial charge in [-0.2, -0.15) is 0 Å². The molecular weight excluding hydrogens is 508 g/mol. The van der Waals surface area contributed by atoms with Gasteiger partial charge >= 0.3 is 0 Å². The fourth-order valence-electron chi connectivity index (χ4n) is 7.52. The molecule has 2 aromatic carbocycles. The number of Topliss-reactive ketones (excluding diaryl/α,β-unsaturated/α-hetero) is 1. The van der Waals surface area contributed by atoms with Crippen LogP contribution >= 0.6 is 0 Å². The van der Waals surface area contributed by atoms with Gasteiger partial charge in [-0.25, -0.2) is 0 Å². The average molecular weight is 541 g/mol. The second kappa shape index (κ2) is 7.43. The van der Waals surface area contributed by atoms with Gasteiger partial charge in [0, 0.05) is 35.5 Å². The van der Waals surface area contributed by atoms with Gasteiger partial charge in [-0.15, -0.1) is 0 Å². The number of benzene rings is 2. The second-order valence-electron chi connectivity index (χ2n) is 12.3. The first-order valence-electron chi connectivity index (χ1n) is 13.5. The van der Waals surface area contributed by atoms with Crippen molar-refractivity contribution in [2.24, 2.45) is 5.41 Å². The van der Waals surface area contributed by atoms with E-state index < -0.39 is 35.7 Å². The SMILES string of the molecule is COc1c2c(c(O)c3c4c(c(C)cc13)[C@@H]1O[C@@]3(C5OCC(C)(C)CO5)O[C@@H]1[C@@](OC)(O4)[C@@]31CO1)C(=O)CCC2. The Morgan fingerprint density at radius 3 is 2.49 bits per heavy atom. The third-order valence-corrected chi connectivity index (χ3v) is 9.35. The number of fused-ring (bicyclic) bond motifs is 8. The number of hydrogen-bond donors (Lipinski definition) is 1. The van der Waals surface area contributed by atoms with E-state index in [0.717, 1.165) is 11.1 Å². The van der Waals surface area contributed by atoms with Crippen molar-refractivity contribution in [3.63, 3.8) is 0 Å². The summed E-state index contributed by atoms with van der Waals surface area (Å²) in [6, 6.07) is 1.96. The van der Waals surface area contributed by atoms with Gasteiger partial charge in [0.2, 0.25) is 11.9 Å². The smallest absolute Gasteiger partial charge is 0.277 e. The van der Waals surface area contributed by atoms with Crippen molar-refractivity contribution in [3.8, 4) is 17.2 Å². The number of methoxy groups -OCH3 is 2.